The Morgan fingerprint density at radius 3 is 2.45 bits per heavy atom. The molecular formula is C14H23N5O. The molecule has 0 bridgehead atoms. The van der Waals surface area contributed by atoms with Crippen LogP contribution in [0.15, 0.2) is 12.4 Å². The minimum Gasteiger partial charge on any atom is -0.357 e. The summed E-state index contributed by atoms with van der Waals surface area (Å²) in [5.41, 5.74) is 0.492. The molecule has 0 saturated carbocycles. The topological polar surface area (TPSA) is 52.6 Å². The number of anilines is 1. The van der Waals surface area contributed by atoms with Gasteiger partial charge in [0, 0.05) is 45.3 Å². The fourth-order valence-corrected chi connectivity index (χ4v) is 2.36. The highest BCUT2D eigenvalue weighted by atomic mass is 16.2. The maximum absolute atomic E-state index is 12.5. The van der Waals surface area contributed by atoms with Crippen molar-refractivity contribution < 1.29 is 4.79 Å². The number of hydrogen-bond acceptors (Lipinski definition) is 5. The van der Waals surface area contributed by atoms with Crippen LogP contribution < -0.4 is 4.90 Å². The van der Waals surface area contributed by atoms with Gasteiger partial charge >= 0.3 is 0 Å². The van der Waals surface area contributed by atoms with Gasteiger partial charge in [0.2, 0.25) is 0 Å². The first-order valence-corrected chi connectivity index (χ1v) is 7.20. The van der Waals surface area contributed by atoms with E-state index in [0.29, 0.717) is 5.69 Å². The quantitative estimate of drug-likeness (QED) is 0.811. The van der Waals surface area contributed by atoms with Gasteiger partial charge in [-0.3, -0.25) is 4.79 Å². The molecule has 1 aliphatic heterocycles. The van der Waals surface area contributed by atoms with Gasteiger partial charge in [0.1, 0.15) is 17.8 Å². The van der Waals surface area contributed by atoms with Crippen LogP contribution in [-0.2, 0) is 0 Å². The smallest absolute Gasteiger partial charge is 0.272 e. The standard InChI is InChI=1S/C14H23N5O/c1-4-18(5-2)13-10-12(15-11-16-13)14(20)19-8-6-17(3)7-9-19/h10-11H,4-9H2,1-3H3. The molecule has 110 valence electrons. The van der Waals surface area contributed by atoms with Gasteiger partial charge in [0.05, 0.1) is 0 Å². The van der Waals surface area contributed by atoms with Crippen LogP contribution in [0.4, 0.5) is 5.82 Å². The van der Waals surface area contributed by atoms with E-state index in [-0.39, 0.29) is 5.91 Å². The van der Waals surface area contributed by atoms with Crippen molar-refractivity contribution in [3.63, 3.8) is 0 Å². The van der Waals surface area contributed by atoms with Gasteiger partial charge < -0.3 is 14.7 Å². The molecule has 1 saturated heterocycles. The van der Waals surface area contributed by atoms with Crippen molar-refractivity contribution in [1.29, 1.82) is 0 Å². The highest BCUT2D eigenvalue weighted by molar-refractivity contribution is 5.93. The van der Waals surface area contributed by atoms with E-state index in [0.717, 1.165) is 45.1 Å². The van der Waals surface area contributed by atoms with Crippen LogP contribution in [0, 0.1) is 0 Å². The van der Waals surface area contributed by atoms with Crippen molar-refractivity contribution >= 4 is 11.7 Å². The Labute approximate surface area is 120 Å². The van der Waals surface area contributed by atoms with E-state index >= 15 is 0 Å². The normalized spacial score (nSPS) is 16.2. The summed E-state index contributed by atoms with van der Waals surface area (Å²) in [5, 5.41) is 0. The van der Waals surface area contributed by atoms with Crippen LogP contribution in [0.1, 0.15) is 24.3 Å². The molecule has 0 spiro atoms. The second-order valence-electron chi connectivity index (χ2n) is 5.03. The van der Waals surface area contributed by atoms with Crippen LogP contribution >= 0.6 is 0 Å². The number of carbonyl (C=O) groups excluding carboxylic acids is 1. The molecule has 6 nitrogen and oxygen atoms in total. The average molecular weight is 277 g/mol. The first kappa shape index (κ1) is 14.7. The third kappa shape index (κ3) is 3.25. The predicted molar refractivity (Wildman–Crippen MR) is 79.0 cm³/mol. The Bertz CT molecular complexity index is 453. The van der Waals surface area contributed by atoms with Crippen LogP contribution in [0.2, 0.25) is 0 Å². The van der Waals surface area contributed by atoms with E-state index in [1.54, 1.807) is 6.07 Å². The van der Waals surface area contributed by atoms with E-state index in [9.17, 15) is 4.79 Å². The van der Waals surface area contributed by atoms with E-state index in [2.05, 4.69) is 40.7 Å². The zero-order chi connectivity index (χ0) is 14.5. The molecule has 1 aromatic rings. The minimum atomic E-state index is 0.00825. The number of piperazine rings is 1. The molecule has 1 aliphatic rings. The summed E-state index contributed by atoms with van der Waals surface area (Å²) in [5.74, 6) is 0.830. The number of hydrogen-bond donors (Lipinski definition) is 0. The Kier molecular flexibility index (Phi) is 4.89. The molecule has 6 heteroatoms. The molecule has 0 aromatic carbocycles. The number of likely N-dealkylation sites (N-methyl/N-ethyl adjacent to an activating group) is 1. The highest BCUT2D eigenvalue weighted by Gasteiger charge is 2.22. The number of aromatic nitrogens is 2. The molecule has 1 aromatic heterocycles. The fraction of sp³-hybridized carbons (Fsp3) is 0.643. The lowest BCUT2D eigenvalue weighted by molar-refractivity contribution is 0.0658. The van der Waals surface area contributed by atoms with Crippen molar-refractivity contribution in [2.75, 3.05) is 51.2 Å². The van der Waals surface area contributed by atoms with Crippen molar-refractivity contribution in [2.45, 2.75) is 13.8 Å². The van der Waals surface area contributed by atoms with E-state index in [4.69, 9.17) is 0 Å². The van der Waals surface area contributed by atoms with Gasteiger partial charge in [0.25, 0.3) is 5.91 Å². The molecule has 0 N–H and O–H groups in total. The molecule has 1 fully saturated rings. The zero-order valence-electron chi connectivity index (χ0n) is 12.5. The molecule has 1 amide bonds. The third-order valence-electron chi connectivity index (χ3n) is 3.75. The van der Waals surface area contributed by atoms with Gasteiger partial charge in [-0.05, 0) is 20.9 Å². The molecule has 2 heterocycles. The maximum Gasteiger partial charge on any atom is 0.272 e. The van der Waals surface area contributed by atoms with Crippen LogP contribution in [0.25, 0.3) is 0 Å². The zero-order valence-corrected chi connectivity index (χ0v) is 12.5. The molecule has 0 radical (unpaired) electrons. The van der Waals surface area contributed by atoms with E-state index in [1.165, 1.54) is 6.33 Å². The molecule has 0 aliphatic carbocycles. The van der Waals surface area contributed by atoms with Gasteiger partial charge in [-0.25, -0.2) is 9.97 Å². The van der Waals surface area contributed by atoms with Crippen LogP contribution in [-0.4, -0.2) is 72.0 Å². The summed E-state index contributed by atoms with van der Waals surface area (Å²) in [6, 6.07) is 1.80. The molecule has 0 unspecified atom stereocenters. The fourth-order valence-electron chi connectivity index (χ4n) is 2.36. The lowest BCUT2D eigenvalue weighted by atomic mass is 10.2. The van der Waals surface area contributed by atoms with Crippen molar-refractivity contribution in [1.82, 2.24) is 19.8 Å². The van der Waals surface area contributed by atoms with Crippen molar-refractivity contribution in [3.05, 3.63) is 18.1 Å². The first-order chi connectivity index (χ1) is 9.65. The first-order valence-electron chi connectivity index (χ1n) is 7.20. The Morgan fingerprint density at radius 2 is 1.85 bits per heavy atom. The monoisotopic (exact) mass is 277 g/mol. The molecule has 20 heavy (non-hydrogen) atoms. The highest BCUT2D eigenvalue weighted by Crippen LogP contribution is 2.13. The predicted octanol–water partition coefficient (Wildman–Crippen LogP) is 0.710. The number of carbonyl (C=O) groups is 1. The summed E-state index contributed by atoms with van der Waals surface area (Å²) in [6.45, 7) is 9.26. The Hall–Kier alpha value is -1.69. The number of nitrogens with zero attached hydrogens (tertiary/aromatic N) is 5. The maximum atomic E-state index is 12.5. The van der Waals surface area contributed by atoms with Crippen LogP contribution in [0.5, 0.6) is 0 Å². The second-order valence-corrected chi connectivity index (χ2v) is 5.03. The Balaban J connectivity index is 2.12. The molecule has 0 atom stereocenters. The summed E-state index contributed by atoms with van der Waals surface area (Å²) in [6.07, 6.45) is 1.48. The number of amides is 1. The van der Waals surface area contributed by atoms with E-state index in [1.807, 2.05) is 4.90 Å². The van der Waals surface area contributed by atoms with Gasteiger partial charge in [0.15, 0.2) is 0 Å². The third-order valence-corrected chi connectivity index (χ3v) is 3.75. The molecular weight excluding hydrogens is 254 g/mol. The van der Waals surface area contributed by atoms with Crippen molar-refractivity contribution in [2.24, 2.45) is 0 Å². The van der Waals surface area contributed by atoms with Crippen LogP contribution in [0.3, 0.4) is 0 Å². The van der Waals surface area contributed by atoms with Crippen molar-refractivity contribution in [3.8, 4) is 0 Å². The summed E-state index contributed by atoms with van der Waals surface area (Å²) >= 11 is 0. The van der Waals surface area contributed by atoms with E-state index < -0.39 is 0 Å². The largest absolute Gasteiger partial charge is 0.357 e. The van der Waals surface area contributed by atoms with Gasteiger partial charge in [-0.15, -0.1) is 0 Å². The summed E-state index contributed by atoms with van der Waals surface area (Å²) in [4.78, 5) is 27.1. The van der Waals surface area contributed by atoms with Gasteiger partial charge in [-0.1, -0.05) is 0 Å². The minimum absolute atomic E-state index is 0.00825. The molecule has 2 rings (SSSR count). The lowest BCUT2D eigenvalue weighted by Gasteiger charge is -2.32. The second kappa shape index (κ2) is 6.65. The van der Waals surface area contributed by atoms with Gasteiger partial charge in [-0.2, -0.15) is 0 Å². The number of rotatable bonds is 4. The lowest BCUT2D eigenvalue weighted by Crippen LogP contribution is -2.47. The summed E-state index contributed by atoms with van der Waals surface area (Å²) in [7, 11) is 2.07. The average Bonchev–Trinajstić information content (AvgIpc) is 2.49. The summed E-state index contributed by atoms with van der Waals surface area (Å²) < 4.78 is 0. The Morgan fingerprint density at radius 1 is 1.20 bits per heavy atom. The SMILES string of the molecule is CCN(CC)c1cc(C(=O)N2CCN(C)CC2)ncn1.